The maximum atomic E-state index is 11.4. The van der Waals surface area contributed by atoms with Gasteiger partial charge in [-0.25, -0.2) is 13.1 Å². The molecule has 17 heavy (non-hydrogen) atoms. The van der Waals surface area contributed by atoms with Gasteiger partial charge in [0.05, 0.1) is 19.3 Å². The third-order valence-electron chi connectivity index (χ3n) is 2.71. The first-order valence-corrected chi connectivity index (χ1v) is 7.29. The molecule has 1 atom stereocenters. The predicted octanol–water partition coefficient (Wildman–Crippen LogP) is -0.460. The van der Waals surface area contributed by atoms with Crippen LogP contribution in [-0.2, 0) is 14.8 Å². The van der Waals surface area contributed by atoms with Crippen LogP contribution in [0.1, 0.15) is 13.3 Å². The number of nitrogens with one attached hydrogen (secondary N) is 1. The first kappa shape index (κ1) is 14.4. The molecule has 98 valence electrons. The van der Waals surface area contributed by atoms with Crippen molar-refractivity contribution in [2.45, 2.75) is 18.6 Å². The molecule has 1 saturated heterocycles. The molecule has 0 bridgehead atoms. The number of rotatable bonds is 6. The van der Waals surface area contributed by atoms with Gasteiger partial charge < -0.3 is 4.74 Å². The van der Waals surface area contributed by atoms with E-state index in [1.165, 1.54) is 6.92 Å². The van der Waals surface area contributed by atoms with Crippen LogP contribution in [0.3, 0.4) is 0 Å². The van der Waals surface area contributed by atoms with Crippen molar-refractivity contribution in [1.82, 2.24) is 9.62 Å². The molecule has 0 amide bonds. The molecule has 1 fully saturated rings. The molecule has 0 aromatic heterocycles. The van der Waals surface area contributed by atoms with Gasteiger partial charge in [0.15, 0.2) is 5.25 Å². The van der Waals surface area contributed by atoms with Gasteiger partial charge in [0, 0.05) is 19.6 Å². The smallest absolute Gasteiger partial charge is 0.227 e. The highest BCUT2D eigenvalue weighted by Gasteiger charge is 2.19. The minimum Gasteiger partial charge on any atom is -0.379 e. The fourth-order valence-corrected chi connectivity index (χ4v) is 2.35. The van der Waals surface area contributed by atoms with E-state index in [4.69, 9.17) is 10.00 Å². The molecular weight excluding hydrogens is 242 g/mol. The zero-order chi connectivity index (χ0) is 12.7. The van der Waals surface area contributed by atoms with Crippen molar-refractivity contribution in [3.63, 3.8) is 0 Å². The fraction of sp³-hybridized carbons (Fsp3) is 0.900. The normalized spacial score (nSPS) is 19.8. The lowest BCUT2D eigenvalue weighted by atomic mass is 10.3. The Morgan fingerprint density at radius 2 is 2.12 bits per heavy atom. The van der Waals surface area contributed by atoms with E-state index < -0.39 is 15.3 Å². The molecule has 1 rings (SSSR count). The maximum Gasteiger partial charge on any atom is 0.227 e. The predicted molar refractivity (Wildman–Crippen MR) is 63.9 cm³/mol. The maximum absolute atomic E-state index is 11.4. The molecule has 1 aliphatic rings. The SMILES string of the molecule is CC(C#N)S(=O)(=O)NCCCN1CCOCC1. The Morgan fingerprint density at radius 3 is 2.71 bits per heavy atom. The zero-order valence-electron chi connectivity index (χ0n) is 10.1. The summed E-state index contributed by atoms with van der Waals surface area (Å²) >= 11 is 0. The molecule has 1 aliphatic heterocycles. The van der Waals surface area contributed by atoms with Crippen LogP contribution in [0.4, 0.5) is 0 Å². The number of morpholine rings is 1. The molecule has 0 spiro atoms. The highest BCUT2D eigenvalue weighted by molar-refractivity contribution is 7.90. The zero-order valence-corrected chi connectivity index (χ0v) is 10.9. The molecule has 7 heteroatoms. The monoisotopic (exact) mass is 261 g/mol. The van der Waals surface area contributed by atoms with E-state index in [0.717, 1.165) is 39.3 Å². The summed E-state index contributed by atoms with van der Waals surface area (Å²) in [7, 11) is -3.47. The molecule has 0 aromatic rings. The number of nitrogens with zero attached hydrogens (tertiary/aromatic N) is 2. The van der Waals surface area contributed by atoms with Gasteiger partial charge in [-0.1, -0.05) is 0 Å². The first-order valence-electron chi connectivity index (χ1n) is 5.74. The van der Waals surface area contributed by atoms with Crippen LogP contribution in [0.25, 0.3) is 0 Å². The first-order chi connectivity index (χ1) is 8.06. The summed E-state index contributed by atoms with van der Waals surface area (Å²) in [6, 6.07) is 1.72. The number of hydrogen-bond donors (Lipinski definition) is 1. The molecule has 1 heterocycles. The minimum absolute atomic E-state index is 0.381. The van der Waals surface area contributed by atoms with Crippen LogP contribution >= 0.6 is 0 Å². The van der Waals surface area contributed by atoms with Crippen molar-refractivity contribution in [2.75, 3.05) is 39.4 Å². The summed E-state index contributed by atoms with van der Waals surface area (Å²) in [5, 5.41) is 7.54. The molecule has 0 aliphatic carbocycles. The van der Waals surface area contributed by atoms with Gasteiger partial charge in [-0.05, 0) is 19.9 Å². The number of sulfonamides is 1. The van der Waals surface area contributed by atoms with Gasteiger partial charge in [0.1, 0.15) is 0 Å². The van der Waals surface area contributed by atoms with E-state index in [9.17, 15) is 8.42 Å². The van der Waals surface area contributed by atoms with E-state index in [2.05, 4.69) is 9.62 Å². The molecule has 0 radical (unpaired) electrons. The molecular formula is C10H19N3O3S. The average Bonchev–Trinajstić information content (AvgIpc) is 2.35. The number of ether oxygens (including phenoxy) is 1. The van der Waals surface area contributed by atoms with E-state index >= 15 is 0 Å². The van der Waals surface area contributed by atoms with Crippen LogP contribution in [0, 0.1) is 11.3 Å². The largest absolute Gasteiger partial charge is 0.379 e. The molecule has 1 unspecified atom stereocenters. The quantitative estimate of drug-likeness (QED) is 0.654. The van der Waals surface area contributed by atoms with Gasteiger partial charge in [0.25, 0.3) is 0 Å². The fourth-order valence-electron chi connectivity index (χ4n) is 1.54. The molecule has 0 aromatic carbocycles. The summed E-state index contributed by atoms with van der Waals surface area (Å²) in [5.41, 5.74) is 0. The van der Waals surface area contributed by atoms with Crippen molar-refractivity contribution in [1.29, 1.82) is 5.26 Å². The van der Waals surface area contributed by atoms with Crippen molar-refractivity contribution in [3.8, 4) is 6.07 Å². The second kappa shape index (κ2) is 6.91. The van der Waals surface area contributed by atoms with Crippen molar-refractivity contribution < 1.29 is 13.2 Å². The van der Waals surface area contributed by atoms with E-state index in [0.29, 0.717) is 6.54 Å². The van der Waals surface area contributed by atoms with E-state index in [1.807, 2.05) is 0 Å². The second-order valence-electron chi connectivity index (χ2n) is 4.02. The standard InChI is InChI=1S/C10H19N3O3S/c1-10(9-11)17(14,15)12-3-2-4-13-5-7-16-8-6-13/h10,12H,2-8H2,1H3. The number of nitriles is 1. The topological polar surface area (TPSA) is 82.4 Å². The van der Waals surface area contributed by atoms with Crippen LogP contribution in [0.5, 0.6) is 0 Å². The minimum atomic E-state index is -3.47. The Bertz CT molecular complexity index is 357. The Morgan fingerprint density at radius 1 is 1.47 bits per heavy atom. The Kier molecular flexibility index (Phi) is 5.85. The molecule has 6 nitrogen and oxygen atoms in total. The third kappa shape index (κ3) is 5.00. The van der Waals surface area contributed by atoms with Gasteiger partial charge in [-0.15, -0.1) is 0 Å². The highest BCUT2D eigenvalue weighted by atomic mass is 32.2. The molecule has 1 N–H and O–H groups in total. The van der Waals surface area contributed by atoms with Gasteiger partial charge in [-0.3, -0.25) is 4.90 Å². The van der Waals surface area contributed by atoms with Gasteiger partial charge in [-0.2, -0.15) is 5.26 Å². The van der Waals surface area contributed by atoms with E-state index in [1.54, 1.807) is 6.07 Å². The van der Waals surface area contributed by atoms with Gasteiger partial charge in [0.2, 0.25) is 10.0 Å². The summed E-state index contributed by atoms with van der Waals surface area (Å²) in [6.07, 6.45) is 0.747. The van der Waals surface area contributed by atoms with Crippen LogP contribution in [-0.4, -0.2) is 58.0 Å². The van der Waals surface area contributed by atoms with Gasteiger partial charge >= 0.3 is 0 Å². The Balaban J connectivity index is 2.17. The summed E-state index contributed by atoms with van der Waals surface area (Å²) in [4.78, 5) is 2.24. The van der Waals surface area contributed by atoms with Crippen LogP contribution in [0.2, 0.25) is 0 Å². The lowest BCUT2D eigenvalue weighted by molar-refractivity contribution is 0.0376. The summed E-state index contributed by atoms with van der Waals surface area (Å²) in [6.45, 7) is 5.92. The van der Waals surface area contributed by atoms with Crippen LogP contribution in [0.15, 0.2) is 0 Å². The summed E-state index contributed by atoms with van der Waals surface area (Å²) in [5.74, 6) is 0. The van der Waals surface area contributed by atoms with E-state index in [-0.39, 0.29) is 0 Å². The molecule has 0 saturated carbocycles. The van der Waals surface area contributed by atoms with Crippen molar-refractivity contribution in [3.05, 3.63) is 0 Å². The average molecular weight is 261 g/mol. The Hall–Kier alpha value is -0.680. The highest BCUT2D eigenvalue weighted by Crippen LogP contribution is 1.99. The van der Waals surface area contributed by atoms with Crippen molar-refractivity contribution in [2.24, 2.45) is 0 Å². The number of hydrogen-bond acceptors (Lipinski definition) is 5. The van der Waals surface area contributed by atoms with Crippen LogP contribution < -0.4 is 4.72 Å². The van der Waals surface area contributed by atoms with Crippen molar-refractivity contribution >= 4 is 10.0 Å². The third-order valence-corrected chi connectivity index (χ3v) is 4.35. The lowest BCUT2D eigenvalue weighted by Gasteiger charge is -2.26. The Labute approximate surface area is 103 Å². The second-order valence-corrected chi connectivity index (χ2v) is 6.10. The summed E-state index contributed by atoms with van der Waals surface area (Å²) < 4.78 is 30.5. The lowest BCUT2D eigenvalue weighted by Crippen LogP contribution is -2.39.